The molecule has 224 valence electrons. The molecule has 0 spiro atoms. The number of fused-ring (bicyclic) bond motifs is 1. The van der Waals surface area contributed by atoms with E-state index in [2.05, 4.69) is 16.3 Å². The van der Waals surface area contributed by atoms with Gasteiger partial charge in [0.2, 0.25) is 0 Å². The zero-order valence-electron chi connectivity index (χ0n) is 24.8. The molecule has 1 aliphatic rings. The molecule has 0 unspecified atom stereocenters. The molecule has 0 saturated carbocycles. The van der Waals surface area contributed by atoms with Crippen LogP contribution >= 0.6 is 0 Å². The van der Waals surface area contributed by atoms with Crippen molar-refractivity contribution in [2.45, 2.75) is 45.2 Å². The third-order valence-corrected chi connectivity index (χ3v) is 8.23. The predicted octanol–water partition coefficient (Wildman–Crippen LogP) is 6.38. The maximum Gasteiger partial charge on any atom is 0.326 e. The van der Waals surface area contributed by atoms with Gasteiger partial charge >= 0.3 is 5.97 Å². The van der Waals surface area contributed by atoms with E-state index in [4.69, 9.17) is 9.47 Å². The Labute approximate surface area is 251 Å². The lowest BCUT2D eigenvalue weighted by molar-refractivity contribution is -0.139. The first-order valence-electron chi connectivity index (χ1n) is 14.6. The summed E-state index contributed by atoms with van der Waals surface area (Å²) >= 11 is 0. The average Bonchev–Trinajstić information content (AvgIpc) is 3.00. The zero-order valence-corrected chi connectivity index (χ0v) is 24.8. The highest BCUT2D eigenvalue weighted by Gasteiger charge is 2.26. The van der Waals surface area contributed by atoms with Gasteiger partial charge in [-0.3, -0.25) is 9.69 Å². The molecular formula is C35H37FN2O5. The van der Waals surface area contributed by atoms with Gasteiger partial charge in [0.1, 0.15) is 23.4 Å². The number of carboxylic acid groups (broad SMARTS) is 1. The Bertz CT molecular complexity index is 1630. The Balaban J connectivity index is 1.53. The van der Waals surface area contributed by atoms with Crippen LogP contribution < -0.4 is 14.8 Å². The number of likely N-dealkylation sites (tertiary alicyclic amines) is 1. The summed E-state index contributed by atoms with van der Waals surface area (Å²) in [5.41, 5.74) is 3.82. The maximum absolute atomic E-state index is 14.4. The Kier molecular flexibility index (Phi) is 9.26. The number of carboxylic acids is 1. The van der Waals surface area contributed by atoms with E-state index in [1.807, 2.05) is 42.5 Å². The topological polar surface area (TPSA) is 88.1 Å². The second-order valence-corrected chi connectivity index (χ2v) is 11.0. The number of hydrogen-bond donors (Lipinski definition) is 2. The van der Waals surface area contributed by atoms with Crippen LogP contribution in [0.1, 0.15) is 46.3 Å². The third kappa shape index (κ3) is 6.34. The Hall–Kier alpha value is -4.43. The first-order chi connectivity index (χ1) is 20.8. The number of rotatable bonds is 10. The van der Waals surface area contributed by atoms with E-state index in [1.165, 1.54) is 31.4 Å². The summed E-state index contributed by atoms with van der Waals surface area (Å²) < 4.78 is 26.3. The van der Waals surface area contributed by atoms with Crippen molar-refractivity contribution in [1.82, 2.24) is 10.2 Å². The highest BCUT2D eigenvalue weighted by Crippen LogP contribution is 2.44. The van der Waals surface area contributed by atoms with Gasteiger partial charge in [-0.15, -0.1) is 0 Å². The van der Waals surface area contributed by atoms with Crippen LogP contribution in [0.2, 0.25) is 0 Å². The molecule has 1 amide bonds. The fourth-order valence-electron chi connectivity index (χ4n) is 6.09. The normalized spacial score (nSPS) is 14.3. The number of hydrogen-bond acceptors (Lipinski definition) is 5. The van der Waals surface area contributed by atoms with E-state index in [-0.39, 0.29) is 12.0 Å². The standard InChI is InChI=1S/C35H37FN2O5/c1-22-10-7-15-28(36)31(22)34(39)37-29(35(40)41)20-23-11-8-13-26-25(23)12-9-14-27(26)32-30(42-2)17-16-24(33(32)43-3)21-38-18-5-4-6-19-38/h7-17,29H,4-6,18-21H2,1-3H3,(H,37,39)(H,40,41)/t29-/m0/s1. The van der Waals surface area contributed by atoms with Crippen LogP contribution in [0.5, 0.6) is 11.5 Å². The van der Waals surface area contributed by atoms with Crippen molar-refractivity contribution in [3.8, 4) is 22.6 Å². The molecule has 0 aromatic heterocycles. The fraction of sp³-hybridized carbons (Fsp3) is 0.314. The number of aryl methyl sites for hydroxylation is 1. The van der Waals surface area contributed by atoms with E-state index in [0.717, 1.165) is 58.4 Å². The van der Waals surface area contributed by atoms with Crippen LogP contribution in [-0.4, -0.2) is 55.2 Å². The predicted molar refractivity (Wildman–Crippen MR) is 165 cm³/mol. The largest absolute Gasteiger partial charge is 0.496 e. The SMILES string of the molecule is COc1ccc(CN2CCCCC2)c(OC)c1-c1cccc2c(C[C@H](NC(=O)c3c(C)cccc3F)C(=O)O)cccc12. The van der Waals surface area contributed by atoms with Crippen LogP contribution in [0.25, 0.3) is 21.9 Å². The number of piperidine rings is 1. The Morgan fingerprint density at radius 2 is 1.63 bits per heavy atom. The molecule has 5 rings (SSSR count). The third-order valence-electron chi connectivity index (χ3n) is 8.23. The van der Waals surface area contributed by atoms with Gasteiger partial charge in [0.25, 0.3) is 5.91 Å². The smallest absolute Gasteiger partial charge is 0.326 e. The summed E-state index contributed by atoms with van der Waals surface area (Å²) in [6, 6.07) is 18.7. The first-order valence-corrected chi connectivity index (χ1v) is 14.6. The molecule has 4 aromatic carbocycles. The summed E-state index contributed by atoms with van der Waals surface area (Å²) in [6.45, 7) is 4.50. The van der Waals surface area contributed by atoms with E-state index >= 15 is 0 Å². The second kappa shape index (κ2) is 13.3. The van der Waals surface area contributed by atoms with Gasteiger partial charge in [-0.1, -0.05) is 61.0 Å². The summed E-state index contributed by atoms with van der Waals surface area (Å²) in [6.07, 6.45) is 3.65. The second-order valence-electron chi connectivity index (χ2n) is 11.0. The quantitative estimate of drug-likeness (QED) is 0.225. The van der Waals surface area contributed by atoms with Crippen molar-refractivity contribution in [2.75, 3.05) is 27.3 Å². The van der Waals surface area contributed by atoms with Gasteiger partial charge in [-0.05, 0) is 72.5 Å². The minimum atomic E-state index is -1.27. The van der Waals surface area contributed by atoms with Crippen molar-refractivity contribution in [3.05, 3.63) is 94.8 Å². The fourth-order valence-corrected chi connectivity index (χ4v) is 6.09. The minimum Gasteiger partial charge on any atom is -0.496 e. The van der Waals surface area contributed by atoms with Gasteiger partial charge in [0.05, 0.1) is 25.3 Å². The number of nitrogens with one attached hydrogen (secondary N) is 1. The van der Waals surface area contributed by atoms with E-state index in [9.17, 15) is 19.1 Å². The number of halogens is 1. The van der Waals surface area contributed by atoms with Crippen LogP contribution in [0.15, 0.2) is 66.7 Å². The van der Waals surface area contributed by atoms with Crippen LogP contribution in [0, 0.1) is 12.7 Å². The van der Waals surface area contributed by atoms with Crippen LogP contribution in [0.4, 0.5) is 4.39 Å². The summed E-state index contributed by atoms with van der Waals surface area (Å²) in [7, 11) is 3.31. The minimum absolute atomic E-state index is 0.0125. The molecule has 43 heavy (non-hydrogen) atoms. The van der Waals surface area contributed by atoms with E-state index in [1.54, 1.807) is 27.2 Å². The Morgan fingerprint density at radius 3 is 2.33 bits per heavy atom. The highest BCUT2D eigenvalue weighted by molar-refractivity contribution is 6.02. The molecule has 1 atom stereocenters. The summed E-state index contributed by atoms with van der Waals surface area (Å²) in [4.78, 5) is 27.7. The summed E-state index contributed by atoms with van der Waals surface area (Å²) in [5, 5.41) is 14.3. The average molecular weight is 585 g/mol. The molecule has 0 aliphatic carbocycles. The van der Waals surface area contributed by atoms with Gasteiger partial charge in [-0.2, -0.15) is 0 Å². The van der Waals surface area contributed by atoms with E-state index < -0.39 is 23.7 Å². The number of carbonyl (C=O) groups is 2. The number of aliphatic carboxylic acids is 1. The molecule has 4 aromatic rings. The molecule has 0 radical (unpaired) electrons. The number of benzene rings is 4. The molecule has 1 fully saturated rings. The number of carbonyl (C=O) groups excluding carboxylic acids is 1. The van der Waals surface area contributed by atoms with Crippen molar-refractivity contribution in [1.29, 1.82) is 0 Å². The summed E-state index contributed by atoms with van der Waals surface area (Å²) in [5.74, 6) is -1.23. The van der Waals surface area contributed by atoms with Crippen LogP contribution in [0.3, 0.4) is 0 Å². The molecule has 8 heteroatoms. The maximum atomic E-state index is 14.4. The van der Waals surface area contributed by atoms with Crippen molar-refractivity contribution >= 4 is 22.6 Å². The molecule has 1 aliphatic heterocycles. The first kappa shape index (κ1) is 30.0. The highest BCUT2D eigenvalue weighted by atomic mass is 19.1. The van der Waals surface area contributed by atoms with Gasteiger partial charge in [0.15, 0.2) is 0 Å². The van der Waals surface area contributed by atoms with Gasteiger partial charge in [-0.25, -0.2) is 9.18 Å². The molecular weight excluding hydrogens is 547 g/mol. The lowest BCUT2D eigenvalue weighted by atomic mass is 9.91. The van der Waals surface area contributed by atoms with Crippen molar-refractivity contribution in [3.63, 3.8) is 0 Å². The molecule has 1 saturated heterocycles. The molecule has 1 heterocycles. The number of amides is 1. The molecule has 7 nitrogen and oxygen atoms in total. The number of ether oxygens (including phenoxy) is 2. The Morgan fingerprint density at radius 1 is 0.907 bits per heavy atom. The number of methoxy groups -OCH3 is 2. The number of nitrogens with zero attached hydrogens (tertiary/aromatic N) is 1. The lowest BCUT2D eigenvalue weighted by Crippen LogP contribution is -2.42. The monoisotopic (exact) mass is 584 g/mol. The van der Waals surface area contributed by atoms with Gasteiger partial charge in [0, 0.05) is 18.5 Å². The van der Waals surface area contributed by atoms with Gasteiger partial charge < -0.3 is 19.9 Å². The zero-order chi connectivity index (χ0) is 30.5. The lowest BCUT2D eigenvalue weighted by Gasteiger charge is -2.28. The molecule has 0 bridgehead atoms. The van der Waals surface area contributed by atoms with Crippen molar-refractivity contribution in [2.24, 2.45) is 0 Å². The molecule has 2 N–H and O–H groups in total. The van der Waals surface area contributed by atoms with E-state index in [0.29, 0.717) is 11.3 Å². The van der Waals surface area contributed by atoms with Crippen LogP contribution in [-0.2, 0) is 17.8 Å². The van der Waals surface area contributed by atoms with Crippen molar-refractivity contribution < 1.29 is 28.6 Å².